The molecule has 0 spiro atoms. The summed E-state index contributed by atoms with van der Waals surface area (Å²) in [7, 11) is 0. The molecule has 0 unspecified atom stereocenters. The van der Waals surface area contributed by atoms with Gasteiger partial charge in [-0.3, -0.25) is 0 Å². The van der Waals surface area contributed by atoms with E-state index in [-0.39, 0.29) is 0 Å². The van der Waals surface area contributed by atoms with Gasteiger partial charge in [0.05, 0.1) is 0 Å². The van der Waals surface area contributed by atoms with Crippen molar-refractivity contribution in [1.29, 1.82) is 0 Å². The monoisotopic (exact) mass is 746 g/mol. The molecule has 3 N–H and O–H groups in total. The van der Waals surface area contributed by atoms with E-state index in [1.165, 1.54) is 89.2 Å². The van der Waals surface area contributed by atoms with E-state index in [4.69, 9.17) is 5.73 Å². The Labute approximate surface area is 342 Å². The number of nitrogens with one attached hydrogen (secondary N) is 1. The van der Waals surface area contributed by atoms with E-state index in [1.807, 2.05) is 6.07 Å². The Bertz CT molecular complexity index is 2800. The van der Waals surface area contributed by atoms with Crippen LogP contribution in [0.3, 0.4) is 0 Å². The van der Waals surface area contributed by atoms with Crippen molar-refractivity contribution < 1.29 is 0 Å². The average Bonchev–Trinajstić information content (AvgIpc) is 3.29. The summed E-state index contributed by atoms with van der Waals surface area (Å²) in [5.41, 5.74) is 30.0. The molecule has 10 rings (SSSR count). The highest BCUT2D eigenvalue weighted by molar-refractivity contribution is 5.93. The maximum Gasteiger partial charge on any atom is 0.0461 e. The Morgan fingerprint density at radius 3 is 1.79 bits per heavy atom. The maximum absolute atomic E-state index is 6.36. The third-order valence-electron chi connectivity index (χ3n) is 12.0. The molecule has 0 fully saturated rings. The van der Waals surface area contributed by atoms with Gasteiger partial charge in [-0.15, -0.1) is 0 Å². The van der Waals surface area contributed by atoms with Gasteiger partial charge < -0.3 is 11.1 Å². The Morgan fingerprint density at radius 2 is 1.02 bits per heavy atom. The van der Waals surface area contributed by atoms with Gasteiger partial charge in [-0.2, -0.15) is 0 Å². The van der Waals surface area contributed by atoms with E-state index in [2.05, 4.69) is 187 Å². The van der Waals surface area contributed by atoms with Crippen molar-refractivity contribution in [1.82, 2.24) is 0 Å². The van der Waals surface area contributed by atoms with Crippen LogP contribution in [0.5, 0.6) is 0 Å². The van der Waals surface area contributed by atoms with Gasteiger partial charge in [-0.1, -0.05) is 133 Å². The number of anilines is 2. The Hall–Kier alpha value is -6.90. The molecule has 7 aromatic carbocycles. The molecule has 3 aliphatic carbocycles. The number of rotatable bonds is 8. The molecule has 0 bridgehead atoms. The molecule has 2 nitrogen and oxygen atoms in total. The third kappa shape index (κ3) is 7.03. The van der Waals surface area contributed by atoms with Crippen molar-refractivity contribution in [2.24, 2.45) is 0 Å². The van der Waals surface area contributed by atoms with Crippen LogP contribution >= 0.6 is 0 Å². The van der Waals surface area contributed by atoms with Gasteiger partial charge in [0.1, 0.15) is 0 Å². The molecule has 0 radical (unpaired) electrons. The van der Waals surface area contributed by atoms with E-state index in [9.17, 15) is 0 Å². The minimum Gasteiger partial charge on any atom is -0.399 e. The zero-order valence-corrected chi connectivity index (χ0v) is 32.7. The average molecular weight is 747 g/mol. The quantitative estimate of drug-likeness (QED) is 0.152. The highest BCUT2D eigenvalue weighted by Gasteiger charge is 2.26. The summed E-state index contributed by atoms with van der Waals surface area (Å²) in [6.45, 7) is 0. The lowest BCUT2D eigenvalue weighted by Crippen LogP contribution is -2.10. The van der Waals surface area contributed by atoms with Crippen LogP contribution in [0.25, 0.3) is 66.8 Å². The molecule has 0 aliphatic heterocycles. The summed E-state index contributed by atoms with van der Waals surface area (Å²) in [5, 5.41) is 3.90. The third-order valence-corrected chi connectivity index (χ3v) is 12.0. The summed E-state index contributed by atoms with van der Waals surface area (Å²) >= 11 is 0. The minimum atomic E-state index is 0.784. The fourth-order valence-corrected chi connectivity index (χ4v) is 9.13. The van der Waals surface area contributed by atoms with E-state index in [1.54, 1.807) is 0 Å². The SMILES string of the molecule is Nc1cccc(-c2cc(C3=CCCC=C3)c3c(c2)-c2cc(C4=CCCC(Nc5ccccc5-c5cccc(-c6ccccc6)c5)=C4)cc(-c4ccccc4)c2CC3)c1. The smallest absolute Gasteiger partial charge is 0.0461 e. The molecule has 0 saturated heterocycles. The predicted molar refractivity (Wildman–Crippen MR) is 247 cm³/mol. The van der Waals surface area contributed by atoms with Gasteiger partial charge in [0.15, 0.2) is 0 Å². The summed E-state index contributed by atoms with van der Waals surface area (Å²) in [5.74, 6) is 0. The first-order valence-electron chi connectivity index (χ1n) is 20.7. The second kappa shape index (κ2) is 15.6. The normalized spacial score (nSPS) is 14.4. The largest absolute Gasteiger partial charge is 0.399 e. The molecule has 280 valence electrons. The molecular formula is C56H46N2. The second-order valence-corrected chi connectivity index (χ2v) is 15.7. The van der Waals surface area contributed by atoms with Crippen LogP contribution in [0, 0.1) is 0 Å². The summed E-state index contributed by atoms with van der Waals surface area (Å²) in [4.78, 5) is 0. The van der Waals surface area contributed by atoms with Crippen LogP contribution < -0.4 is 11.1 Å². The van der Waals surface area contributed by atoms with Gasteiger partial charge in [0.2, 0.25) is 0 Å². The molecule has 0 saturated carbocycles. The number of nitrogen functional groups attached to an aromatic ring is 1. The van der Waals surface area contributed by atoms with Crippen LogP contribution in [0.15, 0.2) is 194 Å². The Kier molecular flexibility index (Phi) is 9.53. The maximum atomic E-state index is 6.36. The zero-order valence-electron chi connectivity index (χ0n) is 32.7. The van der Waals surface area contributed by atoms with E-state index >= 15 is 0 Å². The number of nitrogens with two attached hydrogens (primary N) is 1. The van der Waals surface area contributed by atoms with Gasteiger partial charge in [-0.05, 0) is 177 Å². The lowest BCUT2D eigenvalue weighted by Gasteiger charge is -2.28. The summed E-state index contributed by atoms with van der Waals surface area (Å²) < 4.78 is 0. The van der Waals surface area contributed by atoms with E-state index < -0.39 is 0 Å². The number of allylic oxidation sites excluding steroid dienone is 8. The Balaban J connectivity index is 1.07. The van der Waals surface area contributed by atoms with Crippen molar-refractivity contribution in [3.63, 3.8) is 0 Å². The van der Waals surface area contributed by atoms with Crippen molar-refractivity contribution in [2.75, 3.05) is 11.1 Å². The van der Waals surface area contributed by atoms with Crippen LogP contribution in [0.4, 0.5) is 11.4 Å². The summed E-state index contributed by atoms with van der Waals surface area (Å²) in [6, 6.07) is 57.3. The lowest BCUT2D eigenvalue weighted by atomic mass is 9.76. The van der Waals surface area contributed by atoms with Crippen LogP contribution in [0.2, 0.25) is 0 Å². The van der Waals surface area contributed by atoms with Crippen LogP contribution in [-0.4, -0.2) is 0 Å². The number of para-hydroxylation sites is 1. The molecule has 2 heteroatoms. The molecular weight excluding hydrogens is 701 g/mol. The van der Waals surface area contributed by atoms with Crippen molar-refractivity contribution in [2.45, 2.75) is 38.5 Å². The molecule has 58 heavy (non-hydrogen) atoms. The van der Waals surface area contributed by atoms with E-state index in [0.717, 1.165) is 55.5 Å². The molecule has 0 atom stereocenters. The molecule has 0 heterocycles. The van der Waals surface area contributed by atoms with Crippen molar-refractivity contribution in [3.8, 4) is 55.6 Å². The molecule has 7 aromatic rings. The summed E-state index contributed by atoms with van der Waals surface area (Å²) in [6.07, 6.45) is 18.0. The number of hydrogen-bond donors (Lipinski definition) is 2. The fourth-order valence-electron chi connectivity index (χ4n) is 9.13. The zero-order chi connectivity index (χ0) is 38.8. The first kappa shape index (κ1) is 35.5. The van der Waals surface area contributed by atoms with Crippen molar-refractivity contribution in [3.05, 3.63) is 216 Å². The first-order valence-corrected chi connectivity index (χ1v) is 20.7. The van der Waals surface area contributed by atoms with Crippen LogP contribution in [-0.2, 0) is 12.8 Å². The van der Waals surface area contributed by atoms with E-state index in [0.29, 0.717) is 0 Å². The highest BCUT2D eigenvalue weighted by atomic mass is 14.9. The first-order chi connectivity index (χ1) is 28.6. The fraction of sp³-hybridized carbons (Fsp3) is 0.107. The predicted octanol–water partition coefficient (Wildman–Crippen LogP) is 14.6. The molecule has 3 aliphatic rings. The molecule has 0 amide bonds. The number of fused-ring (bicyclic) bond motifs is 3. The topological polar surface area (TPSA) is 38.0 Å². The van der Waals surface area contributed by atoms with Gasteiger partial charge >= 0.3 is 0 Å². The van der Waals surface area contributed by atoms with Gasteiger partial charge in [0, 0.05) is 22.6 Å². The Morgan fingerprint density at radius 1 is 0.397 bits per heavy atom. The molecule has 0 aromatic heterocycles. The minimum absolute atomic E-state index is 0.784. The number of hydrogen-bond acceptors (Lipinski definition) is 2. The highest BCUT2D eigenvalue weighted by Crippen LogP contribution is 2.46. The van der Waals surface area contributed by atoms with Gasteiger partial charge in [0.25, 0.3) is 0 Å². The second-order valence-electron chi connectivity index (χ2n) is 15.7. The van der Waals surface area contributed by atoms with Crippen molar-refractivity contribution >= 4 is 22.5 Å². The van der Waals surface area contributed by atoms with Gasteiger partial charge in [-0.25, -0.2) is 0 Å². The van der Waals surface area contributed by atoms with Crippen LogP contribution in [0.1, 0.15) is 47.9 Å². The standard InChI is InChI=1S/C56H46N2/c57-47-25-13-22-42(32-47)45-34-52(39-17-6-2-7-18-39)50-29-30-51-53(40-19-8-3-9-20-40)35-46(37-55(51)54(50)36-45)43-23-14-26-48(33-43)58-56-28-11-10-27-49(56)44-24-12-21-41(31-44)38-15-4-1-5-16-38/h1,3-6,8-13,15-25,27-28,31-37,58H,2,7,14,26,29-30,57H2. The lowest BCUT2D eigenvalue weighted by molar-refractivity contribution is 0.938. The number of benzene rings is 7.